The maximum Gasteiger partial charge on any atom is 0.472 e. The van der Waals surface area contributed by atoms with Crippen LogP contribution in [-0.2, 0) is 65.4 Å². The Morgan fingerprint density at radius 3 is 1.01 bits per heavy atom. The highest BCUT2D eigenvalue weighted by Crippen LogP contribution is 2.45. The third kappa shape index (κ3) is 64.9. The fraction of sp³-hybridized carbons (Fsp3) is 0.753. The first-order valence-corrected chi connectivity index (χ1v) is 38.8. The van der Waals surface area contributed by atoms with Gasteiger partial charge in [0.2, 0.25) is 0 Å². The van der Waals surface area contributed by atoms with E-state index in [-0.39, 0.29) is 25.7 Å². The molecule has 0 radical (unpaired) electrons. The highest BCUT2D eigenvalue weighted by Gasteiger charge is 2.30. The van der Waals surface area contributed by atoms with Gasteiger partial charge in [0, 0.05) is 19.3 Å². The van der Waals surface area contributed by atoms with Crippen LogP contribution in [0.25, 0.3) is 0 Å². The lowest BCUT2D eigenvalue weighted by Crippen LogP contribution is -2.30. The van der Waals surface area contributed by atoms with E-state index in [1.54, 1.807) is 6.08 Å². The number of phosphoric ester groups is 2. The summed E-state index contributed by atoms with van der Waals surface area (Å²) in [5.74, 6) is -2.32. The third-order valence-corrected chi connectivity index (χ3v) is 16.8. The van der Waals surface area contributed by atoms with Crippen LogP contribution in [0, 0.1) is 0 Å². The lowest BCUT2D eigenvalue weighted by Gasteiger charge is -2.21. The molecule has 5 unspecified atom stereocenters. The second-order valence-corrected chi connectivity index (χ2v) is 26.7. The Hall–Kier alpha value is -3.76. The van der Waals surface area contributed by atoms with Gasteiger partial charge in [-0.3, -0.25) is 37.3 Å². The van der Waals surface area contributed by atoms with E-state index in [1.807, 2.05) is 18.2 Å². The highest BCUT2D eigenvalue weighted by atomic mass is 31.2. The van der Waals surface area contributed by atoms with Crippen molar-refractivity contribution in [3.05, 3.63) is 85.1 Å². The molecule has 19 heteroatoms. The van der Waals surface area contributed by atoms with Crippen LogP contribution in [0.2, 0.25) is 0 Å². The predicted molar refractivity (Wildman–Crippen MR) is 372 cm³/mol. The van der Waals surface area contributed by atoms with Gasteiger partial charge in [0.1, 0.15) is 19.3 Å². The van der Waals surface area contributed by atoms with Gasteiger partial charge < -0.3 is 33.8 Å². The van der Waals surface area contributed by atoms with Crippen molar-refractivity contribution in [3.63, 3.8) is 0 Å². The third-order valence-electron chi connectivity index (χ3n) is 14.9. The number of ether oxygens (including phenoxy) is 4. The first-order valence-electron chi connectivity index (χ1n) is 35.8. The molecule has 0 aliphatic heterocycles. The topological polar surface area (TPSA) is 237 Å². The van der Waals surface area contributed by atoms with Gasteiger partial charge in [0.15, 0.2) is 12.2 Å². The Labute approximate surface area is 557 Å². The van der Waals surface area contributed by atoms with Crippen molar-refractivity contribution in [3.8, 4) is 0 Å². The molecular formula is C73H128O17P2. The number of phosphoric acid groups is 2. The number of rotatable bonds is 67. The van der Waals surface area contributed by atoms with Crippen LogP contribution in [0.3, 0.4) is 0 Å². The lowest BCUT2D eigenvalue weighted by atomic mass is 10.0. The average molecular weight is 1340 g/mol. The van der Waals surface area contributed by atoms with E-state index < -0.39 is 97.5 Å². The van der Waals surface area contributed by atoms with Gasteiger partial charge in [-0.2, -0.15) is 0 Å². The fourth-order valence-electron chi connectivity index (χ4n) is 9.45. The second-order valence-electron chi connectivity index (χ2n) is 23.8. The summed E-state index contributed by atoms with van der Waals surface area (Å²) in [5.41, 5.74) is 0. The molecule has 0 heterocycles. The summed E-state index contributed by atoms with van der Waals surface area (Å²) in [6.07, 6.45) is 64.8. The van der Waals surface area contributed by atoms with Crippen LogP contribution in [0.15, 0.2) is 85.1 Å². The van der Waals surface area contributed by atoms with Gasteiger partial charge >= 0.3 is 39.5 Å². The SMILES string of the molecule is CC/C=C\C/C=C\C/C=C\C/C=C\C/C=C\CC(=O)OCC(COP(=O)(O)OCC(O)COP(=O)(O)OCC(COC(=O)CCCCCCC/C=C\C/C=C\CCC)OC(=O)CCCCCCCCCCCCCCC)OC(=O)CCCCCCCCCCCCC. The highest BCUT2D eigenvalue weighted by molar-refractivity contribution is 7.47. The van der Waals surface area contributed by atoms with Crippen LogP contribution >= 0.6 is 15.6 Å². The quantitative estimate of drug-likeness (QED) is 0.0169. The zero-order valence-corrected chi connectivity index (χ0v) is 59.5. The molecule has 3 N–H and O–H groups in total. The first kappa shape index (κ1) is 88.2. The van der Waals surface area contributed by atoms with Crippen molar-refractivity contribution in [2.75, 3.05) is 39.6 Å². The van der Waals surface area contributed by atoms with E-state index >= 15 is 0 Å². The molecule has 92 heavy (non-hydrogen) atoms. The van der Waals surface area contributed by atoms with Crippen molar-refractivity contribution in [1.82, 2.24) is 0 Å². The number of aliphatic hydroxyl groups excluding tert-OH is 1. The lowest BCUT2D eigenvalue weighted by molar-refractivity contribution is -0.161. The van der Waals surface area contributed by atoms with Crippen LogP contribution in [0.5, 0.6) is 0 Å². The summed E-state index contributed by atoms with van der Waals surface area (Å²) in [6, 6.07) is 0. The molecular weight excluding hydrogens is 1210 g/mol. The molecule has 0 aliphatic carbocycles. The normalized spacial score (nSPS) is 14.6. The Kier molecular flexibility index (Phi) is 63.2. The first-order chi connectivity index (χ1) is 44.7. The number of hydrogen-bond acceptors (Lipinski definition) is 15. The number of esters is 4. The maximum atomic E-state index is 13.0. The fourth-order valence-corrected chi connectivity index (χ4v) is 11.0. The molecule has 0 bridgehead atoms. The molecule has 0 rings (SSSR count). The number of hydrogen-bond donors (Lipinski definition) is 3. The predicted octanol–water partition coefficient (Wildman–Crippen LogP) is 19.9. The Morgan fingerprint density at radius 1 is 0.326 bits per heavy atom. The standard InChI is InChI=1S/C73H128O17P2/c1-5-9-13-17-21-25-29-32-33-36-39-42-46-50-54-58-71(76)84-63-68(89-72(77)59-55-51-47-43-37-28-24-20-16-12-8-4)65-87-91(79,80)85-61-67(74)62-86-92(81,82)88-66-69(90-73(78)60-56-52-48-44-40-35-31-27-23-19-15-11-7-3)64-83-70(75)57-53-49-45-41-38-34-30-26-22-18-14-10-6-2/h9,13-14,18,21,25-26,30,32-33,39,42,50,54,67-69,74H,5-8,10-12,15-17,19-20,22-24,27-29,31,34-38,40-41,43-49,51-53,55-66H2,1-4H3,(H,79,80)(H,81,82)/b13-9-,18-14-,25-21-,30-26-,33-32-,42-39-,54-50-. The van der Waals surface area contributed by atoms with Crippen molar-refractivity contribution in [2.45, 2.75) is 316 Å². The minimum Gasteiger partial charge on any atom is -0.462 e. The monoisotopic (exact) mass is 1340 g/mol. The summed E-state index contributed by atoms with van der Waals surface area (Å²) in [5, 5.41) is 10.6. The van der Waals surface area contributed by atoms with Gasteiger partial charge in [-0.25, -0.2) is 9.13 Å². The van der Waals surface area contributed by atoms with Crippen molar-refractivity contribution in [1.29, 1.82) is 0 Å². The van der Waals surface area contributed by atoms with Gasteiger partial charge in [0.05, 0.1) is 32.8 Å². The van der Waals surface area contributed by atoms with E-state index in [2.05, 4.69) is 88.5 Å². The number of carbonyl (C=O) groups excluding carboxylic acids is 4. The van der Waals surface area contributed by atoms with Gasteiger partial charge in [0.25, 0.3) is 0 Å². The summed E-state index contributed by atoms with van der Waals surface area (Å²) >= 11 is 0. The van der Waals surface area contributed by atoms with Crippen LogP contribution in [0.4, 0.5) is 0 Å². The maximum absolute atomic E-state index is 13.0. The summed E-state index contributed by atoms with van der Waals surface area (Å²) in [6.45, 7) is 4.56. The van der Waals surface area contributed by atoms with E-state index in [1.165, 1.54) is 89.9 Å². The molecule has 0 fully saturated rings. The second kappa shape index (κ2) is 65.9. The van der Waals surface area contributed by atoms with E-state index in [9.17, 15) is 43.2 Å². The van der Waals surface area contributed by atoms with Crippen molar-refractivity contribution in [2.24, 2.45) is 0 Å². The Morgan fingerprint density at radius 2 is 0.630 bits per heavy atom. The van der Waals surface area contributed by atoms with Gasteiger partial charge in [-0.05, 0) is 77.0 Å². The number of allylic oxidation sites excluding steroid dienone is 13. The molecule has 0 aromatic carbocycles. The van der Waals surface area contributed by atoms with Crippen LogP contribution in [-0.4, -0.2) is 96.7 Å². The summed E-state index contributed by atoms with van der Waals surface area (Å²) in [4.78, 5) is 72.5. The number of carbonyl (C=O) groups is 4. The van der Waals surface area contributed by atoms with E-state index in [4.69, 9.17) is 37.0 Å². The Balaban J connectivity index is 5.37. The summed E-state index contributed by atoms with van der Waals surface area (Å²) in [7, 11) is -9.95. The molecule has 0 aromatic heterocycles. The van der Waals surface area contributed by atoms with E-state index in [0.717, 1.165) is 128 Å². The number of aliphatic hydroxyl groups is 1. The molecule has 0 aromatic rings. The molecule has 0 amide bonds. The van der Waals surface area contributed by atoms with Crippen molar-refractivity contribution < 1.29 is 80.2 Å². The van der Waals surface area contributed by atoms with Crippen molar-refractivity contribution >= 4 is 39.5 Å². The molecule has 0 saturated heterocycles. The van der Waals surface area contributed by atoms with Crippen LogP contribution < -0.4 is 0 Å². The Bertz CT molecular complexity index is 2090. The van der Waals surface area contributed by atoms with Gasteiger partial charge in [-0.15, -0.1) is 0 Å². The minimum atomic E-state index is -4.98. The molecule has 532 valence electrons. The molecule has 0 saturated carbocycles. The average Bonchev–Trinajstić information content (AvgIpc) is 2.24. The number of unbranched alkanes of at least 4 members (excludes halogenated alkanes) is 28. The molecule has 17 nitrogen and oxygen atoms in total. The van der Waals surface area contributed by atoms with Gasteiger partial charge in [-0.1, -0.05) is 280 Å². The van der Waals surface area contributed by atoms with E-state index in [0.29, 0.717) is 25.7 Å². The molecule has 0 spiro atoms. The summed E-state index contributed by atoms with van der Waals surface area (Å²) < 4.78 is 68.1. The zero-order chi connectivity index (χ0) is 67.5. The zero-order valence-electron chi connectivity index (χ0n) is 57.7. The van der Waals surface area contributed by atoms with Crippen LogP contribution in [0.1, 0.15) is 297 Å². The smallest absolute Gasteiger partial charge is 0.462 e. The minimum absolute atomic E-state index is 0.0679. The molecule has 0 aliphatic rings. The molecule has 5 atom stereocenters. The largest absolute Gasteiger partial charge is 0.472 e.